The zero-order valence-corrected chi connectivity index (χ0v) is 40.8. The molecule has 378 valence electrons. The zero-order valence-electron chi connectivity index (χ0n) is 38.3. The van der Waals surface area contributed by atoms with Gasteiger partial charge in [0.2, 0.25) is 17.7 Å². The lowest BCUT2D eigenvalue weighted by atomic mass is 9.70. The van der Waals surface area contributed by atoms with Crippen molar-refractivity contribution in [1.82, 2.24) is 16.0 Å². The maximum absolute atomic E-state index is 12.3. The van der Waals surface area contributed by atoms with Crippen LogP contribution in [0.25, 0.3) is 0 Å². The minimum atomic E-state index is -3.90. The van der Waals surface area contributed by atoms with Crippen molar-refractivity contribution in [3.05, 3.63) is 36.5 Å². The molecular weight excluding hydrogens is 967 g/mol. The van der Waals surface area contributed by atoms with Gasteiger partial charge in [-0.15, -0.1) is 0 Å². The molecule has 24 nitrogen and oxygen atoms in total. The second kappa shape index (κ2) is 17.5. The van der Waals surface area contributed by atoms with Crippen LogP contribution in [0.1, 0.15) is 61.8 Å². The summed E-state index contributed by atoms with van der Waals surface area (Å²) in [4.78, 5) is 69.8. The van der Waals surface area contributed by atoms with Gasteiger partial charge in [0.05, 0.1) is 6.10 Å². The van der Waals surface area contributed by atoms with Gasteiger partial charge in [-0.3, -0.25) is 41.3 Å². The number of rotatable bonds is 12. The number of hydrogen-bond donors (Lipinski definition) is 3. The molecule has 9 saturated heterocycles. The van der Waals surface area contributed by atoms with E-state index in [1.807, 2.05) is 6.92 Å². The van der Waals surface area contributed by atoms with Crippen LogP contribution in [0.4, 0.5) is 0 Å². The third-order valence-electron chi connectivity index (χ3n) is 14.1. The van der Waals surface area contributed by atoms with E-state index in [2.05, 4.69) is 35.7 Å². The molecule has 0 saturated carbocycles. The second-order valence-corrected chi connectivity index (χ2v) is 24.0. The van der Waals surface area contributed by atoms with E-state index in [1.54, 1.807) is 27.7 Å². The highest BCUT2D eigenvalue weighted by atomic mass is 32.2. The number of ether oxygens (including phenoxy) is 6. The molecule has 17 unspecified atom stereocenters. The summed E-state index contributed by atoms with van der Waals surface area (Å²) in [5, 5.41) is 3.98. The Kier molecular flexibility index (Phi) is 13.3. The third-order valence-corrected chi connectivity index (χ3v) is 19.4. The zero-order chi connectivity index (χ0) is 50.6. The molecule has 0 aromatic heterocycles. The Balaban J connectivity index is 0.000000151. The van der Waals surface area contributed by atoms with Gasteiger partial charge in [0.1, 0.15) is 67.0 Å². The summed E-state index contributed by atoms with van der Waals surface area (Å²) in [5.41, 5.74) is -2.10. The van der Waals surface area contributed by atoms with Crippen LogP contribution < -0.4 is 16.0 Å². The highest BCUT2D eigenvalue weighted by molar-refractivity contribution is 7.88. The lowest BCUT2D eigenvalue weighted by Gasteiger charge is -2.38. The number of hydrogen-bond acceptors (Lipinski definition) is 21. The smallest absolute Gasteiger partial charge is 0.325 e. The Morgan fingerprint density at radius 1 is 0.603 bits per heavy atom. The van der Waals surface area contributed by atoms with Crippen LogP contribution in [0, 0.1) is 11.8 Å². The van der Waals surface area contributed by atoms with Crippen LogP contribution in [-0.2, 0) is 100 Å². The van der Waals surface area contributed by atoms with Crippen molar-refractivity contribution in [1.29, 1.82) is 0 Å². The van der Waals surface area contributed by atoms with E-state index in [0.717, 1.165) is 0 Å². The van der Waals surface area contributed by atoms with Gasteiger partial charge in [0.15, 0.2) is 34.1 Å². The first-order valence-electron chi connectivity index (χ1n) is 21.5. The van der Waals surface area contributed by atoms with E-state index < -0.39 is 153 Å². The monoisotopic (exact) mass is 1020 g/mol. The highest BCUT2D eigenvalue weighted by Gasteiger charge is 2.81. The highest BCUT2D eigenvalue weighted by Crippen LogP contribution is 2.62. The second-order valence-electron chi connectivity index (χ2n) is 18.9. The minimum Gasteiger partial charge on any atom is -0.457 e. The average molecular weight is 1020 g/mol. The molecule has 9 heterocycles. The normalized spacial score (nSPS) is 41.8. The molecule has 0 aliphatic carbocycles. The number of esters is 3. The number of amides is 3. The van der Waals surface area contributed by atoms with Crippen LogP contribution in [0.15, 0.2) is 36.5 Å². The summed E-state index contributed by atoms with van der Waals surface area (Å²) in [6.45, 7) is 22.5. The topological polar surface area (TPSA) is 324 Å². The summed E-state index contributed by atoms with van der Waals surface area (Å²) >= 11 is 0. The van der Waals surface area contributed by atoms with Crippen molar-refractivity contribution in [2.24, 2.45) is 11.8 Å². The maximum atomic E-state index is 12.3. The van der Waals surface area contributed by atoms with Gasteiger partial charge < -0.3 is 44.4 Å². The van der Waals surface area contributed by atoms with E-state index in [4.69, 9.17) is 41.0 Å². The number of carbonyl (C=O) groups is 6. The predicted octanol–water partition coefficient (Wildman–Crippen LogP) is -1.76. The van der Waals surface area contributed by atoms with E-state index >= 15 is 0 Å². The molecule has 0 aromatic rings. The van der Waals surface area contributed by atoms with Crippen molar-refractivity contribution < 1.29 is 95.0 Å². The maximum Gasteiger partial charge on any atom is 0.325 e. The van der Waals surface area contributed by atoms with Crippen LogP contribution in [0.5, 0.6) is 0 Å². The summed E-state index contributed by atoms with van der Waals surface area (Å²) in [6, 6.07) is 0. The summed E-state index contributed by atoms with van der Waals surface area (Å²) in [7, 11) is -11.5. The molecule has 9 fully saturated rings. The number of fused-ring (bicyclic) bond motifs is 3. The lowest BCUT2D eigenvalue weighted by molar-refractivity contribution is -0.159. The first kappa shape index (κ1) is 51.5. The Hall–Kier alpha value is -4.35. The van der Waals surface area contributed by atoms with E-state index in [9.17, 15) is 54.0 Å². The average Bonchev–Trinajstić information content (AvgIpc) is 4.08. The Morgan fingerprint density at radius 2 is 1.10 bits per heavy atom. The van der Waals surface area contributed by atoms with Crippen LogP contribution in [-0.4, -0.2) is 168 Å². The molecule has 9 rings (SSSR count). The number of carbonyl (C=O) groups excluding carboxylic acids is 6. The van der Waals surface area contributed by atoms with Crippen LogP contribution in [0.3, 0.4) is 0 Å². The van der Waals surface area contributed by atoms with Gasteiger partial charge in [0.25, 0.3) is 30.4 Å². The lowest BCUT2D eigenvalue weighted by Crippen LogP contribution is -2.57. The number of nitrogens with one attached hydrogen (secondary N) is 3. The molecule has 9 aliphatic heterocycles. The summed E-state index contributed by atoms with van der Waals surface area (Å²) in [5.74, 6) is -4.05. The first-order valence-corrected chi connectivity index (χ1v) is 25.9. The molecule has 0 aromatic carbocycles. The van der Waals surface area contributed by atoms with Crippen molar-refractivity contribution in [2.75, 3.05) is 19.6 Å². The molecule has 6 bridgehead atoms. The van der Waals surface area contributed by atoms with Gasteiger partial charge in [-0.2, -0.15) is 25.3 Å². The fourth-order valence-electron chi connectivity index (χ4n) is 10.4. The Bertz CT molecular complexity index is 2540. The molecule has 3 N–H and O–H groups in total. The van der Waals surface area contributed by atoms with Gasteiger partial charge in [-0.1, -0.05) is 33.6 Å². The summed E-state index contributed by atoms with van der Waals surface area (Å²) in [6.07, 6.45) is -5.73. The molecule has 27 heteroatoms. The SMILES string of the molecule is C=C(C)C(=O)NCC(=O)OC1C2C3OC1(C)C(C)C3(C)OS2(=O)=O.C=C(C)C(=O)NCC(=O)OC1C2CC3OS(=O)(=O)C1C3(C)O2.C=C(C)C(=O)NCC(=O)OC1C2OC3C(OS(=O)(=O)C13)C2C. The van der Waals surface area contributed by atoms with Gasteiger partial charge >= 0.3 is 17.9 Å². The fourth-order valence-corrected chi connectivity index (χ4v) is 16.4. The van der Waals surface area contributed by atoms with Gasteiger partial charge in [0, 0.05) is 35.0 Å². The predicted molar refractivity (Wildman–Crippen MR) is 229 cm³/mol. The van der Waals surface area contributed by atoms with Gasteiger partial charge in [-0.05, 0) is 41.5 Å². The van der Waals surface area contributed by atoms with E-state index in [1.165, 1.54) is 20.8 Å². The minimum absolute atomic E-state index is 0.179. The third kappa shape index (κ3) is 8.57. The van der Waals surface area contributed by atoms with Gasteiger partial charge in [-0.25, -0.2) is 0 Å². The van der Waals surface area contributed by atoms with Crippen LogP contribution >= 0.6 is 0 Å². The standard InChI is InChI=1S/C15H21NO7S.2C13H17NO7S/c1-7(2)13(18)16-6-9(17)21-11-10-12-15(5,23-24(10,19)20)8(3)14(11,4)22-12;1-6(2)12(16)14-5-9(15)19-10-7-4-8-13(3,20-7)11(10)22(17,18)21-8;1-5(2)13(16)14-4-7(15)19-10-8-6(3)9-11(20-8)12(10)22(17,18)21-9/h8,10-12H,1,6H2,2-5H3,(H,16,18);7-8,10-11H,1,4-5H2,2-3H3,(H,14,16);6,8-12H,1,4H2,2-3H3,(H,14,16). The van der Waals surface area contributed by atoms with Crippen molar-refractivity contribution >= 4 is 66.0 Å². The molecule has 3 amide bonds. The van der Waals surface area contributed by atoms with Crippen molar-refractivity contribution in [3.8, 4) is 0 Å². The quantitative estimate of drug-likeness (QED) is 0.0844. The largest absolute Gasteiger partial charge is 0.457 e. The summed E-state index contributed by atoms with van der Waals surface area (Å²) < 4.78 is 121. The first-order chi connectivity index (χ1) is 31.3. The van der Waals surface area contributed by atoms with E-state index in [-0.39, 0.29) is 48.2 Å². The molecular formula is C41H55N3O21S3. The molecule has 0 radical (unpaired) electrons. The molecule has 17 atom stereocenters. The van der Waals surface area contributed by atoms with Crippen LogP contribution in [0.2, 0.25) is 0 Å². The van der Waals surface area contributed by atoms with Crippen molar-refractivity contribution in [2.45, 2.75) is 149 Å². The van der Waals surface area contributed by atoms with E-state index in [0.29, 0.717) is 6.42 Å². The van der Waals surface area contributed by atoms with Crippen molar-refractivity contribution in [3.63, 3.8) is 0 Å². The molecule has 0 spiro atoms. The molecule has 9 aliphatic rings. The fraction of sp³-hybridized carbons (Fsp3) is 0.707. The molecule has 68 heavy (non-hydrogen) atoms. The Morgan fingerprint density at radius 3 is 1.62 bits per heavy atom. The Labute approximate surface area is 392 Å².